The Morgan fingerprint density at radius 1 is 1.27 bits per heavy atom. The maximum absolute atomic E-state index is 13.1. The molecule has 0 radical (unpaired) electrons. The van der Waals surface area contributed by atoms with Crippen molar-refractivity contribution in [1.29, 1.82) is 5.26 Å². The Balaban J connectivity index is 1.57. The highest BCUT2D eigenvalue weighted by Crippen LogP contribution is 2.49. The highest BCUT2D eigenvalue weighted by molar-refractivity contribution is 6.34. The zero-order valence-corrected chi connectivity index (χ0v) is 17.6. The van der Waals surface area contributed by atoms with E-state index in [1.165, 1.54) is 6.42 Å². The molecular weight excluding hydrogens is 400 g/mol. The predicted octanol–water partition coefficient (Wildman–Crippen LogP) is 5.11. The van der Waals surface area contributed by atoms with Crippen LogP contribution in [0, 0.1) is 17.2 Å². The van der Waals surface area contributed by atoms with E-state index < -0.39 is 0 Å². The van der Waals surface area contributed by atoms with Crippen LogP contribution in [-0.4, -0.2) is 23.9 Å². The molecule has 5 rings (SSSR count). The Labute approximate surface area is 180 Å². The van der Waals surface area contributed by atoms with Gasteiger partial charge in [-0.1, -0.05) is 37.4 Å². The summed E-state index contributed by atoms with van der Waals surface area (Å²) in [7, 11) is 0. The first-order valence-corrected chi connectivity index (χ1v) is 11.1. The van der Waals surface area contributed by atoms with Gasteiger partial charge in [0.05, 0.1) is 28.1 Å². The summed E-state index contributed by atoms with van der Waals surface area (Å²) >= 11 is 6.66. The molecule has 2 N–H and O–H groups in total. The Hall–Kier alpha value is -2.65. The van der Waals surface area contributed by atoms with Gasteiger partial charge in [-0.25, -0.2) is 0 Å². The molecule has 156 valence electrons. The van der Waals surface area contributed by atoms with Gasteiger partial charge in [-0.3, -0.25) is 4.79 Å². The number of carbonyl (C=O) groups is 1. The summed E-state index contributed by atoms with van der Waals surface area (Å²) in [6, 6.07) is 5.97. The molecule has 3 heterocycles. The highest BCUT2D eigenvalue weighted by Gasteiger charge is 2.42. The third-order valence-corrected chi connectivity index (χ3v) is 7.08. The molecule has 0 unspecified atom stereocenters. The van der Waals surface area contributed by atoms with Crippen LogP contribution in [0.2, 0.25) is 5.02 Å². The Morgan fingerprint density at radius 2 is 2.00 bits per heavy atom. The van der Waals surface area contributed by atoms with Gasteiger partial charge in [0.15, 0.2) is 5.76 Å². The number of nitrogens with one attached hydrogen (secondary N) is 2. The number of carbonyl (C=O) groups excluding carboxylic acids is 1. The van der Waals surface area contributed by atoms with Crippen LogP contribution >= 0.6 is 11.6 Å². The lowest BCUT2D eigenvalue weighted by Crippen LogP contribution is -2.48. The number of nitriles is 1. The normalized spacial score (nSPS) is 21.1. The van der Waals surface area contributed by atoms with Gasteiger partial charge in [0.2, 0.25) is 0 Å². The van der Waals surface area contributed by atoms with Crippen molar-refractivity contribution >= 4 is 34.2 Å². The Kier molecular flexibility index (Phi) is 4.67. The number of anilines is 1. The molecule has 1 aliphatic carbocycles. The van der Waals surface area contributed by atoms with E-state index in [1.807, 2.05) is 6.07 Å². The number of nitrogens with zero attached hydrogens (tertiary/aromatic N) is 2. The number of piperidine rings is 1. The first kappa shape index (κ1) is 19.3. The van der Waals surface area contributed by atoms with Crippen LogP contribution in [0.25, 0.3) is 11.0 Å². The molecule has 30 heavy (non-hydrogen) atoms. The lowest BCUT2D eigenvalue weighted by Gasteiger charge is -2.44. The number of amides is 1. The average molecular weight is 425 g/mol. The minimum Gasteiger partial charge on any atom is -0.450 e. The second kappa shape index (κ2) is 7.24. The van der Waals surface area contributed by atoms with Gasteiger partial charge in [0, 0.05) is 30.0 Å². The van der Waals surface area contributed by atoms with E-state index in [2.05, 4.69) is 23.3 Å². The third-order valence-electron chi connectivity index (χ3n) is 6.79. The van der Waals surface area contributed by atoms with Crippen LogP contribution in [-0.2, 0) is 5.54 Å². The van der Waals surface area contributed by atoms with Crippen molar-refractivity contribution in [3.8, 4) is 6.07 Å². The van der Waals surface area contributed by atoms with Gasteiger partial charge in [-0.15, -0.1) is 0 Å². The van der Waals surface area contributed by atoms with E-state index in [9.17, 15) is 4.79 Å². The van der Waals surface area contributed by atoms with E-state index in [1.54, 1.807) is 11.0 Å². The number of likely N-dealkylation sites (tertiary alicyclic amines) is 1. The molecule has 3 aliphatic rings. The molecule has 0 atom stereocenters. The standard InChI is InChI=1S/C23H25ClN4O2/c1-14-26-20-17(24)11-16-12-18(22(29)28-9-5-15(13-25)6-10-28)30-21(16)19(20)23(27-14)7-3-2-4-8-23/h11-12,15,26-27H,1-10H2. The molecule has 7 heteroatoms. The highest BCUT2D eigenvalue weighted by atomic mass is 35.5. The molecule has 2 aromatic rings. The van der Waals surface area contributed by atoms with E-state index in [4.69, 9.17) is 21.3 Å². The summed E-state index contributed by atoms with van der Waals surface area (Å²) in [6.45, 7) is 5.26. The fraction of sp³-hybridized carbons (Fsp3) is 0.478. The maximum atomic E-state index is 13.1. The van der Waals surface area contributed by atoms with Crippen molar-refractivity contribution in [3.63, 3.8) is 0 Å². The van der Waals surface area contributed by atoms with Crippen LogP contribution < -0.4 is 10.6 Å². The van der Waals surface area contributed by atoms with Gasteiger partial charge in [0.1, 0.15) is 5.58 Å². The van der Waals surface area contributed by atoms with Gasteiger partial charge in [-0.2, -0.15) is 5.26 Å². The minimum atomic E-state index is -0.275. The van der Waals surface area contributed by atoms with Crippen LogP contribution in [0.3, 0.4) is 0 Å². The number of rotatable bonds is 1. The molecule has 1 amide bonds. The first-order chi connectivity index (χ1) is 14.5. The number of hydrogen-bond acceptors (Lipinski definition) is 5. The lowest BCUT2D eigenvalue weighted by molar-refractivity contribution is 0.0677. The number of furan rings is 1. The van der Waals surface area contributed by atoms with Crippen molar-refractivity contribution in [3.05, 3.63) is 40.9 Å². The van der Waals surface area contributed by atoms with E-state index in [-0.39, 0.29) is 17.4 Å². The molecule has 1 aromatic carbocycles. The second-order valence-corrected chi connectivity index (χ2v) is 9.11. The van der Waals surface area contributed by atoms with Crippen molar-refractivity contribution in [2.75, 3.05) is 18.4 Å². The van der Waals surface area contributed by atoms with E-state index >= 15 is 0 Å². The van der Waals surface area contributed by atoms with Gasteiger partial charge in [0.25, 0.3) is 5.91 Å². The molecule has 0 bridgehead atoms. The number of halogens is 1. The lowest BCUT2D eigenvalue weighted by atomic mass is 9.74. The minimum absolute atomic E-state index is 0.0342. The van der Waals surface area contributed by atoms with E-state index in [0.717, 1.165) is 53.7 Å². The van der Waals surface area contributed by atoms with Crippen LogP contribution in [0.5, 0.6) is 0 Å². The van der Waals surface area contributed by atoms with Crippen LogP contribution in [0.4, 0.5) is 5.69 Å². The monoisotopic (exact) mass is 424 g/mol. The molecule has 1 spiro atoms. The molecule has 2 fully saturated rings. The number of hydrogen-bond donors (Lipinski definition) is 2. The number of benzene rings is 1. The summed E-state index contributed by atoms with van der Waals surface area (Å²) in [5, 5.41) is 17.4. The Bertz CT molecular complexity index is 1070. The summed E-state index contributed by atoms with van der Waals surface area (Å²) in [5.41, 5.74) is 2.29. The topological polar surface area (TPSA) is 81.3 Å². The van der Waals surface area contributed by atoms with Crippen LogP contribution in [0.1, 0.15) is 61.1 Å². The zero-order valence-electron chi connectivity index (χ0n) is 16.9. The SMILES string of the molecule is C=C1Nc2c(Cl)cc3cc(C(=O)N4CCC(C#N)CC4)oc3c2C2(CCCCC2)N1. The summed E-state index contributed by atoms with van der Waals surface area (Å²) in [5.74, 6) is 0.993. The fourth-order valence-corrected chi connectivity index (χ4v) is 5.52. The third kappa shape index (κ3) is 3.04. The summed E-state index contributed by atoms with van der Waals surface area (Å²) in [6.07, 6.45) is 6.82. The summed E-state index contributed by atoms with van der Waals surface area (Å²) in [4.78, 5) is 14.9. The Morgan fingerprint density at radius 3 is 2.70 bits per heavy atom. The average Bonchev–Trinajstić information content (AvgIpc) is 3.17. The maximum Gasteiger partial charge on any atom is 0.289 e. The molecule has 1 saturated carbocycles. The van der Waals surface area contributed by atoms with Gasteiger partial charge >= 0.3 is 0 Å². The van der Waals surface area contributed by atoms with Gasteiger partial charge in [-0.05, 0) is 37.8 Å². The zero-order chi connectivity index (χ0) is 20.9. The fourth-order valence-electron chi connectivity index (χ4n) is 5.26. The first-order valence-electron chi connectivity index (χ1n) is 10.7. The smallest absolute Gasteiger partial charge is 0.289 e. The molecule has 2 aliphatic heterocycles. The summed E-state index contributed by atoms with van der Waals surface area (Å²) < 4.78 is 6.23. The largest absolute Gasteiger partial charge is 0.450 e. The van der Waals surface area contributed by atoms with Crippen molar-refractivity contribution in [2.24, 2.45) is 5.92 Å². The van der Waals surface area contributed by atoms with Crippen molar-refractivity contribution in [1.82, 2.24) is 10.2 Å². The molecule has 1 aromatic heterocycles. The molecular formula is C23H25ClN4O2. The second-order valence-electron chi connectivity index (χ2n) is 8.70. The number of fused-ring (bicyclic) bond motifs is 4. The molecule has 1 saturated heterocycles. The predicted molar refractivity (Wildman–Crippen MR) is 116 cm³/mol. The van der Waals surface area contributed by atoms with E-state index in [0.29, 0.717) is 36.7 Å². The quantitative estimate of drug-likeness (QED) is 0.664. The van der Waals surface area contributed by atoms with Crippen molar-refractivity contribution in [2.45, 2.75) is 50.5 Å². The molecule has 6 nitrogen and oxygen atoms in total. The van der Waals surface area contributed by atoms with Crippen LogP contribution in [0.15, 0.2) is 28.9 Å². The van der Waals surface area contributed by atoms with Gasteiger partial charge < -0.3 is 20.0 Å². The van der Waals surface area contributed by atoms with Crippen molar-refractivity contribution < 1.29 is 9.21 Å².